The molecule has 0 fully saturated rings. The standard InChI is InChI=1S/C11H21N3O2/c1-8(9(2)16-4)13-11(7-15)10-5-12-14(3)6-10/h5-6,8-9,11,13,15H,7H2,1-4H3. The molecule has 3 unspecified atom stereocenters. The van der Waals surface area contributed by atoms with Crippen LogP contribution in [0.5, 0.6) is 0 Å². The van der Waals surface area contributed by atoms with E-state index < -0.39 is 0 Å². The van der Waals surface area contributed by atoms with Crippen molar-refractivity contribution in [3.63, 3.8) is 0 Å². The molecule has 0 saturated carbocycles. The third-order valence-corrected chi connectivity index (χ3v) is 2.85. The van der Waals surface area contributed by atoms with Crippen LogP contribution in [0, 0.1) is 0 Å². The Bertz CT molecular complexity index is 314. The summed E-state index contributed by atoms with van der Waals surface area (Å²) in [6.07, 6.45) is 3.77. The number of nitrogens with zero attached hydrogens (tertiary/aromatic N) is 2. The average Bonchev–Trinajstić information content (AvgIpc) is 2.71. The van der Waals surface area contributed by atoms with Gasteiger partial charge in [-0.15, -0.1) is 0 Å². The van der Waals surface area contributed by atoms with Crippen LogP contribution in [-0.2, 0) is 11.8 Å². The van der Waals surface area contributed by atoms with Crippen molar-refractivity contribution in [3.8, 4) is 0 Å². The van der Waals surface area contributed by atoms with E-state index in [4.69, 9.17) is 4.74 Å². The molecule has 5 heteroatoms. The molecule has 0 aliphatic carbocycles. The van der Waals surface area contributed by atoms with Gasteiger partial charge in [-0.3, -0.25) is 4.68 Å². The van der Waals surface area contributed by atoms with Gasteiger partial charge in [0, 0.05) is 32.0 Å². The molecule has 0 bridgehead atoms. The van der Waals surface area contributed by atoms with E-state index in [1.165, 1.54) is 0 Å². The minimum Gasteiger partial charge on any atom is -0.394 e. The Balaban J connectivity index is 2.62. The maximum absolute atomic E-state index is 9.35. The van der Waals surface area contributed by atoms with Crippen LogP contribution in [0.2, 0.25) is 0 Å². The SMILES string of the molecule is COC(C)C(C)NC(CO)c1cnn(C)c1. The highest BCUT2D eigenvalue weighted by molar-refractivity contribution is 5.10. The molecule has 0 spiro atoms. The van der Waals surface area contributed by atoms with Crippen LogP contribution in [-0.4, -0.2) is 40.7 Å². The Hall–Kier alpha value is -0.910. The zero-order valence-corrected chi connectivity index (χ0v) is 10.3. The van der Waals surface area contributed by atoms with Crippen molar-refractivity contribution in [2.45, 2.75) is 32.0 Å². The molecule has 92 valence electrons. The summed E-state index contributed by atoms with van der Waals surface area (Å²) in [5, 5.41) is 16.8. The van der Waals surface area contributed by atoms with Gasteiger partial charge < -0.3 is 15.2 Å². The number of aromatic nitrogens is 2. The smallest absolute Gasteiger partial charge is 0.0693 e. The van der Waals surface area contributed by atoms with Crippen molar-refractivity contribution in [3.05, 3.63) is 18.0 Å². The van der Waals surface area contributed by atoms with Gasteiger partial charge in [0.1, 0.15) is 0 Å². The number of nitrogens with one attached hydrogen (secondary N) is 1. The number of ether oxygens (including phenoxy) is 1. The number of aliphatic hydroxyl groups is 1. The van der Waals surface area contributed by atoms with Crippen molar-refractivity contribution in [2.24, 2.45) is 7.05 Å². The molecular weight excluding hydrogens is 206 g/mol. The van der Waals surface area contributed by atoms with Gasteiger partial charge in [-0.2, -0.15) is 5.10 Å². The fourth-order valence-electron chi connectivity index (χ4n) is 1.53. The van der Waals surface area contributed by atoms with Crippen LogP contribution in [0.4, 0.5) is 0 Å². The third kappa shape index (κ3) is 3.30. The fraction of sp³-hybridized carbons (Fsp3) is 0.727. The monoisotopic (exact) mass is 227 g/mol. The lowest BCUT2D eigenvalue weighted by Crippen LogP contribution is -2.40. The lowest BCUT2D eigenvalue weighted by Gasteiger charge is -2.24. The topological polar surface area (TPSA) is 59.3 Å². The zero-order valence-electron chi connectivity index (χ0n) is 10.3. The maximum atomic E-state index is 9.35. The van der Waals surface area contributed by atoms with Crippen LogP contribution < -0.4 is 5.32 Å². The number of rotatable bonds is 6. The molecule has 3 atom stereocenters. The first kappa shape index (κ1) is 13.2. The highest BCUT2D eigenvalue weighted by Crippen LogP contribution is 2.13. The fourth-order valence-corrected chi connectivity index (χ4v) is 1.53. The average molecular weight is 227 g/mol. The number of hydrogen-bond acceptors (Lipinski definition) is 4. The van der Waals surface area contributed by atoms with Crippen molar-refractivity contribution >= 4 is 0 Å². The maximum Gasteiger partial charge on any atom is 0.0693 e. The summed E-state index contributed by atoms with van der Waals surface area (Å²) in [5.41, 5.74) is 0.986. The second-order valence-corrected chi connectivity index (χ2v) is 4.08. The highest BCUT2D eigenvalue weighted by atomic mass is 16.5. The Labute approximate surface area is 96.4 Å². The molecule has 0 aromatic carbocycles. The summed E-state index contributed by atoms with van der Waals surface area (Å²) in [5.74, 6) is 0. The van der Waals surface area contributed by atoms with Gasteiger partial charge in [-0.1, -0.05) is 0 Å². The van der Waals surface area contributed by atoms with Crippen LogP contribution in [0.1, 0.15) is 25.5 Å². The Morgan fingerprint density at radius 1 is 1.56 bits per heavy atom. The summed E-state index contributed by atoms with van der Waals surface area (Å²) in [4.78, 5) is 0. The van der Waals surface area contributed by atoms with E-state index in [1.807, 2.05) is 27.1 Å². The number of aliphatic hydroxyl groups excluding tert-OH is 1. The van der Waals surface area contributed by atoms with Crippen LogP contribution in [0.3, 0.4) is 0 Å². The summed E-state index contributed by atoms with van der Waals surface area (Å²) in [7, 11) is 3.54. The van der Waals surface area contributed by atoms with E-state index in [0.29, 0.717) is 0 Å². The Morgan fingerprint density at radius 2 is 2.25 bits per heavy atom. The second-order valence-electron chi connectivity index (χ2n) is 4.08. The van der Waals surface area contributed by atoms with Crippen LogP contribution in [0.15, 0.2) is 12.4 Å². The molecule has 16 heavy (non-hydrogen) atoms. The summed E-state index contributed by atoms with van der Waals surface area (Å²) in [6.45, 7) is 4.08. The Kier molecular flexibility index (Phi) is 4.92. The van der Waals surface area contributed by atoms with Gasteiger partial charge >= 0.3 is 0 Å². The molecule has 0 amide bonds. The molecular formula is C11H21N3O2. The lowest BCUT2D eigenvalue weighted by atomic mass is 10.1. The minimum absolute atomic E-state index is 0.0481. The van der Waals surface area contributed by atoms with Crippen molar-refractivity contribution in [1.29, 1.82) is 0 Å². The Morgan fingerprint density at radius 3 is 2.69 bits per heavy atom. The van der Waals surface area contributed by atoms with Gasteiger partial charge in [0.15, 0.2) is 0 Å². The van der Waals surface area contributed by atoms with Crippen LogP contribution in [0.25, 0.3) is 0 Å². The number of methoxy groups -OCH3 is 1. The predicted octanol–water partition coefficient (Wildman–Crippen LogP) is 0.466. The van der Waals surface area contributed by atoms with Gasteiger partial charge in [0.2, 0.25) is 0 Å². The van der Waals surface area contributed by atoms with Gasteiger partial charge in [0.25, 0.3) is 0 Å². The zero-order chi connectivity index (χ0) is 12.1. The molecule has 1 heterocycles. The van der Waals surface area contributed by atoms with Crippen molar-refractivity contribution in [2.75, 3.05) is 13.7 Å². The van der Waals surface area contributed by atoms with Gasteiger partial charge in [-0.05, 0) is 13.8 Å². The molecule has 5 nitrogen and oxygen atoms in total. The molecule has 1 aromatic heterocycles. The molecule has 0 aliphatic rings. The van der Waals surface area contributed by atoms with E-state index in [1.54, 1.807) is 18.0 Å². The molecule has 0 saturated heterocycles. The van der Waals surface area contributed by atoms with Gasteiger partial charge in [-0.25, -0.2) is 0 Å². The lowest BCUT2D eigenvalue weighted by molar-refractivity contribution is 0.0797. The van der Waals surface area contributed by atoms with E-state index >= 15 is 0 Å². The molecule has 0 aliphatic heterocycles. The van der Waals surface area contributed by atoms with E-state index in [9.17, 15) is 5.11 Å². The normalized spacial score (nSPS) is 17.1. The van der Waals surface area contributed by atoms with E-state index in [2.05, 4.69) is 10.4 Å². The summed E-state index contributed by atoms with van der Waals surface area (Å²) >= 11 is 0. The quantitative estimate of drug-likeness (QED) is 0.741. The second kappa shape index (κ2) is 5.98. The van der Waals surface area contributed by atoms with Gasteiger partial charge in [0.05, 0.1) is 24.9 Å². The first-order valence-corrected chi connectivity index (χ1v) is 5.46. The third-order valence-electron chi connectivity index (χ3n) is 2.85. The predicted molar refractivity (Wildman–Crippen MR) is 62.1 cm³/mol. The van der Waals surface area contributed by atoms with E-state index in [0.717, 1.165) is 5.56 Å². The largest absolute Gasteiger partial charge is 0.394 e. The highest BCUT2D eigenvalue weighted by Gasteiger charge is 2.18. The minimum atomic E-state index is -0.0960. The molecule has 1 aromatic rings. The van der Waals surface area contributed by atoms with Crippen molar-refractivity contribution in [1.82, 2.24) is 15.1 Å². The first-order chi connectivity index (χ1) is 7.58. The molecule has 0 radical (unpaired) electrons. The summed E-state index contributed by atoms with van der Waals surface area (Å²) < 4.78 is 6.96. The van der Waals surface area contributed by atoms with Crippen LogP contribution >= 0.6 is 0 Å². The van der Waals surface area contributed by atoms with E-state index in [-0.39, 0.29) is 24.8 Å². The summed E-state index contributed by atoms with van der Waals surface area (Å²) in [6, 6.07) is 0.0728. The first-order valence-electron chi connectivity index (χ1n) is 5.46. The number of aryl methyl sites for hydroxylation is 1. The van der Waals surface area contributed by atoms with Crippen molar-refractivity contribution < 1.29 is 9.84 Å². The molecule has 1 rings (SSSR count). The molecule has 2 N–H and O–H groups in total. The number of hydrogen-bond donors (Lipinski definition) is 2.